The van der Waals surface area contributed by atoms with Crippen LogP contribution in [0, 0.1) is 6.92 Å². The van der Waals surface area contributed by atoms with Crippen molar-refractivity contribution in [2.24, 2.45) is 0 Å². The van der Waals surface area contributed by atoms with E-state index in [2.05, 4.69) is 15.0 Å². The summed E-state index contributed by atoms with van der Waals surface area (Å²) in [5.41, 5.74) is 1.04. The van der Waals surface area contributed by atoms with Crippen LogP contribution in [-0.4, -0.2) is 28.0 Å². The Morgan fingerprint density at radius 2 is 1.85 bits per heavy atom. The zero-order valence-corrected chi connectivity index (χ0v) is 11.1. The minimum Gasteiger partial charge on any atom is -0.356 e. The van der Waals surface area contributed by atoms with Crippen LogP contribution in [0.1, 0.15) is 30.8 Å². The molecule has 1 saturated heterocycles. The largest absolute Gasteiger partial charge is 0.451 e. The number of nitrogens with one attached hydrogen (secondary N) is 1. The summed E-state index contributed by atoms with van der Waals surface area (Å²) in [6, 6.07) is 1.80. The molecule has 0 spiro atoms. The third kappa shape index (κ3) is 2.32. The average Bonchev–Trinajstić information content (AvgIpc) is 2.77. The van der Waals surface area contributed by atoms with E-state index in [1.54, 1.807) is 13.0 Å². The van der Waals surface area contributed by atoms with Crippen LogP contribution in [0.15, 0.2) is 6.07 Å². The molecule has 0 saturated carbocycles. The number of aromatic amines is 1. The first-order chi connectivity index (χ1) is 9.45. The molecule has 0 unspecified atom stereocenters. The van der Waals surface area contributed by atoms with Crippen LogP contribution in [-0.2, 0) is 6.18 Å². The van der Waals surface area contributed by atoms with Crippen molar-refractivity contribution in [3.8, 4) is 0 Å². The Hall–Kier alpha value is -1.79. The molecule has 2 aromatic rings. The first kappa shape index (κ1) is 13.2. The highest BCUT2D eigenvalue weighted by atomic mass is 19.4. The molecule has 7 heteroatoms. The number of rotatable bonds is 1. The zero-order valence-electron chi connectivity index (χ0n) is 11.1. The lowest BCUT2D eigenvalue weighted by molar-refractivity contribution is -0.144. The van der Waals surface area contributed by atoms with Crippen LogP contribution >= 0.6 is 0 Å². The summed E-state index contributed by atoms with van der Waals surface area (Å²) >= 11 is 0. The van der Waals surface area contributed by atoms with Gasteiger partial charge in [-0.1, -0.05) is 0 Å². The third-order valence-electron chi connectivity index (χ3n) is 3.51. The van der Waals surface area contributed by atoms with Crippen molar-refractivity contribution in [2.75, 3.05) is 18.0 Å². The fraction of sp³-hybridized carbons (Fsp3) is 0.538. The Morgan fingerprint density at radius 3 is 2.50 bits per heavy atom. The van der Waals surface area contributed by atoms with E-state index in [4.69, 9.17) is 0 Å². The van der Waals surface area contributed by atoms with Gasteiger partial charge < -0.3 is 9.88 Å². The van der Waals surface area contributed by atoms with Gasteiger partial charge in [0, 0.05) is 18.8 Å². The molecule has 20 heavy (non-hydrogen) atoms. The lowest BCUT2D eigenvalue weighted by Crippen LogP contribution is -2.31. The van der Waals surface area contributed by atoms with Gasteiger partial charge in [-0.25, -0.2) is 9.97 Å². The molecule has 2 aromatic heterocycles. The van der Waals surface area contributed by atoms with Gasteiger partial charge in [0.1, 0.15) is 11.5 Å². The quantitative estimate of drug-likeness (QED) is 0.874. The third-order valence-corrected chi connectivity index (χ3v) is 3.51. The second-order valence-corrected chi connectivity index (χ2v) is 5.13. The number of alkyl halides is 3. The second-order valence-electron chi connectivity index (χ2n) is 5.13. The number of fused-ring (bicyclic) bond motifs is 1. The van der Waals surface area contributed by atoms with Crippen molar-refractivity contribution in [3.05, 3.63) is 17.6 Å². The van der Waals surface area contributed by atoms with Gasteiger partial charge in [0.15, 0.2) is 0 Å². The smallest absolute Gasteiger partial charge is 0.356 e. The summed E-state index contributed by atoms with van der Waals surface area (Å²) in [4.78, 5) is 12.2. The Balaban J connectivity index is 2.16. The zero-order chi connectivity index (χ0) is 14.3. The van der Waals surface area contributed by atoms with Crippen LogP contribution in [0.5, 0.6) is 0 Å². The number of hydrogen-bond acceptors (Lipinski definition) is 3. The summed E-state index contributed by atoms with van der Waals surface area (Å²) in [7, 11) is 0. The Morgan fingerprint density at radius 1 is 1.15 bits per heavy atom. The van der Waals surface area contributed by atoms with E-state index in [1.807, 2.05) is 4.90 Å². The maximum absolute atomic E-state index is 12.9. The number of aromatic nitrogens is 3. The number of H-pyrrole nitrogens is 1. The van der Waals surface area contributed by atoms with E-state index >= 15 is 0 Å². The number of anilines is 1. The molecule has 108 valence electrons. The number of hydrogen-bond donors (Lipinski definition) is 1. The average molecular weight is 284 g/mol. The van der Waals surface area contributed by atoms with Gasteiger partial charge in [-0.2, -0.15) is 13.2 Å². The lowest BCUT2D eigenvalue weighted by atomic mass is 10.1. The van der Waals surface area contributed by atoms with Crippen molar-refractivity contribution >= 4 is 16.9 Å². The first-order valence-corrected chi connectivity index (χ1v) is 6.64. The first-order valence-electron chi connectivity index (χ1n) is 6.64. The van der Waals surface area contributed by atoms with Gasteiger partial charge in [-0.05, 0) is 32.3 Å². The standard InChI is InChI=1S/C13H15F3N4/c1-8-7-9-10(17-8)18-12(13(14,15)16)19-11(9)20-5-3-2-4-6-20/h7H,2-6H2,1H3,(H,17,18,19). The molecule has 0 aliphatic carbocycles. The van der Waals surface area contributed by atoms with E-state index in [0.717, 1.165) is 38.0 Å². The molecule has 1 aliphatic rings. The molecule has 4 nitrogen and oxygen atoms in total. The van der Waals surface area contributed by atoms with E-state index in [1.165, 1.54) is 0 Å². The SMILES string of the molecule is Cc1cc2c(N3CCCCC3)nc(C(F)(F)F)nc2[nH]1. The summed E-state index contributed by atoms with van der Waals surface area (Å²) in [6.07, 6.45) is -1.45. The minimum atomic E-state index is -4.53. The number of aryl methyl sites for hydroxylation is 1. The number of piperidine rings is 1. The van der Waals surface area contributed by atoms with Gasteiger partial charge in [0.2, 0.25) is 5.82 Å². The van der Waals surface area contributed by atoms with Crippen LogP contribution < -0.4 is 4.90 Å². The summed E-state index contributed by atoms with van der Waals surface area (Å²) in [6.45, 7) is 3.29. The highest BCUT2D eigenvalue weighted by molar-refractivity contribution is 5.88. The molecule has 1 aliphatic heterocycles. The fourth-order valence-corrected chi connectivity index (χ4v) is 2.60. The highest BCUT2D eigenvalue weighted by Crippen LogP contribution is 2.32. The van der Waals surface area contributed by atoms with Gasteiger partial charge >= 0.3 is 6.18 Å². The van der Waals surface area contributed by atoms with E-state index < -0.39 is 12.0 Å². The molecule has 0 radical (unpaired) electrons. The van der Waals surface area contributed by atoms with Crippen molar-refractivity contribution < 1.29 is 13.2 Å². The van der Waals surface area contributed by atoms with Crippen molar-refractivity contribution in [1.29, 1.82) is 0 Å². The van der Waals surface area contributed by atoms with Crippen LogP contribution in [0.25, 0.3) is 11.0 Å². The second kappa shape index (κ2) is 4.64. The van der Waals surface area contributed by atoms with Crippen LogP contribution in [0.4, 0.5) is 19.0 Å². The van der Waals surface area contributed by atoms with Crippen molar-refractivity contribution in [1.82, 2.24) is 15.0 Å². The number of nitrogens with zero attached hydrogens (tertiary/aromatic N) is 3. The minimum absolute atomic E-state index is 0.255. The molecule has 0 amide bonds. The summed E-state index contributed by atoms with van der Waals surface area (Å²) in [5, 5.41) is 0.664. The van der Waals surface area contributed by atoms with Gasteiger partial charge in [-0.15, -0.1) is 0 Å². The normalized spacial score (nSPS) is 16.9. The predicted octanol–water partition coefficient (Wildman–Crippen LogP) is 3.28. The Bertz CT molecular complexity index is 626. The van der Waals surface area contributed by atoms with Crippen molar-refractivity contribution in [2.45, 2.75) is 32.4 Å². The fourth-order valence-electron chi connectivity index (χ4n) is 2.60. The van der Waals surface area contributed by atoms with Gasteiger partial charge in [0.05, 0.1) is 5.39 Å². The highest BCUT2D eigenvalue weighted by Gasteiger charge is 2.36. The molecule has 1 fully saturated rings. The van der Waals surface area contributed by atoms with E-state index in [-0.39, 0.29) is 5.65 Å². The van der Waals surface area contributed by atoms with Gasteiger partial charge in [-0.3, -0.25) is 0 Å². The summed E-state index contributed by atoms with van der Waals surface area (Å²) in [5.74, 6) is -0.682. The monoisotopic (exact) mass is 284 g/mol. The number of halogens is 3. The molecule has 0 atom stereocenters. The lowest BCUT2D eigenvalue weighted by Gasteiger charge is -2.28. The Kier molecular flexibility index (Phi) is 3.07. The molecule has 3 rings (SSSR count). The van der Waals surface area contributed by atoms with E-state index in [0.29, 0.717) is 11.2 Å². The molecule has 1 N–H and O–H groups in total. The molecular weight excluding hydrogens is 269 g/mol. The molecule has 3 heterocycles. The molecule has 0 bridgehead atoms. The topological polar surface area (TPSA) is 44.8 Å². The predicted molar refractivity (Wildman–Crippen MR) is 69.7 cm³/mol. The van der Waals surface area contributed by atoms with Gasteiger partial charge in [0.25, 0.3) is 0 Å². The maximum atomic E-state index is 12.9. The molecular formula is C13H15F3N4. The maximum Gasteiger partial charge on any atom is 0.451 e. The molecule has 0 aromatic carbocycles. The van der Waals surface area contributed by atoms with Crippen LogP contribution in [0.2, 0.25) is 0 Å². The van der Waals surface area contributed by atoms with Crippen LogP contribution in [0.3, 0.4) is 0 Å². The summed E-state index contributed by atoms with van der Waals surface area (Å²) < 4.78 is 38.7. The van der Waals surface area contributed by atoms with Crippen molar-refractivity contribution in [3.63, 3.8) is 0 Å². The Labute approximate surface area is 114 Å². The van der Waals surface area contributed by atoms with E-state index in [9.17, 15) is 13.2 Å².